The summed E-state index contributed by atoms with van der Waals surface area (Å²) >= 11 is 5.07. The van der Waals surface area contributed by atoms with Crippen molar-refractivity contribution >= 4 is 23.1 Å². The first kappa shape index (κ1) is 12.8. The molecule has 0 radical (unpaired) electrons. The number of carbonyl (C=O) groups excluding carboxylic acids is 1. The molecule has 2 N–H and O–H groups in total. The Labute approximate surface area is 109 Å². The molecule has 1 aliphatic carbocycles. The first-order valence-corrected chi connectivity index (χ1v) is 7.13. The summed E-state index contributed by atoms with van der Waals surface area (Å²) in [4.78, 5) is 15.0. The molecule has 0 aromatic carbocycles. The van der Waals surface area contributed by atoms with Crippen LogP contribution in [-0.4, -0.2) is 28.4 Å². The SMILES string of the molecule is CCCC1CCCCN1C(=O)C1(C(N)=S)CC1. The molecular formula is C13H22N2OS. The number of hydrogen-bond donors (Lipinski definition) is 1. The Morgan fingerprint density at radius 1 is 1.47 bits per heavy atom. The average Bonchev–Trinajstić information content (AvgIpc) is 3.10. The smallest absolute Gasteiger partial charge is 0.235 e. The van der Waals surface area contributed by atoms with Gasteiger partial charge in [0.25, 0.3) is 0 Å². The van der Waals surface area contributed by atoms with Gasteiger partial charge in [0.15, 0.2) is 0 Å². The number of rotatable bonds is 4. The highest BCUT2D eigenvalue weighted by Gasteiger charge is 2.55. The lowest BCUT2D eigenvalue weighted by Crippen LogP contribution is -2.49. The minimum atomic E-state index is -0.460. The van der Waals surface area contributed by atoms with Gasteiger partial charge in [-0.1, -0.05) is 25.6 Å². The van der Waals surface area contributed by atoms with Crippen LogP contribution in [0, 0.1) is 5.41 Å². The standard InChI is InChI=1S/C13H22N2OS/c1-2-5-10-6-3-4-9-15(10)12(16)13(7-8-13)11(14)17/h10H,2-9H2,1H3,(H2,14,17). The molecule has 4 heteroatoms. The van der Waals surface area contributed by atoms with E-state index in [0.717, 1.165) is 45.1 Å². The fourth-order valence-electron chi connectivity index (χ4n) is 2.87. The number of likely N-dealkylation sites (tertiary alicyclic amines) is 1. The number of nitrogens with two attached hydrogens (primary N) is 1. The Kier molecular flexibility index (Phi) is 3.71. The van der Waals surface area contributed by atoms with Gasteiger partial charge in [0, 0.05) is 12.6 Å². The van der Waals surface area contributed by atoms with E-state index in [1.54, 1.807) is 0 Å². The third kappa shape index (κ3) is 2.32. The molecule has 0 aromatic rings. The van der Waals surface area contributed by atoms with Crippen LogP contribution in [0.25, 0.3) is 0 Å². The van der Waals surface area contributed by atoms with Crippen LogP contribution in [0.15, 0.2) is 0 Å². The fourth-order valence-corrected chi connectivity index (χ4v) is 3.16. The molecular weight excluding hydrogens is 232 g/mol. The normalized spacial score (nSPS) is 26.6. The lowest BCUT2D eigenvalue weighted by atomic mass is 9.95. The van der Waals surface area contributed by atoms with Crippen molar-refractivity contribution in [2.45, 2.75) is 57.9 Å². The van der Waals surface area contributed by atoms with Gasteiger partial charge in [0.05, 0.1) is 10.4 Å². The molecule has 0 spiro atoms. The Balaban J connectivity index is 2.09. The Morgan fingerprint density at radius 2 is 2.18 bits per heavy atom. The molecule has 1 unspecified atom stereocenters. The molecule has 1 atom stereocenters. The van der Waals surface area contributed by atoms with E-state index in [1.807, 2.05) is 0 Å². The van der Waals surface area contributed by atoms with Crippen LogP contribution >= 0.6 is 12.2 Å². The molecule has 1 saturated heterocycles. The topological polar surface area (TPSA) is 46.3 Å². The summed E-state index contributed by atoms with van der Waals surface area (Å²) in [5.41, 5.74) is 5.28. The van der Waals surface area contributed by atoms with E-state index < -0.39 is 5.41 Å². The maximum absolute atomic E-state index is 12.6. The van der Waals surface area contributed by atoms with Crippen molar-refractivity contribution in [3.63, 3.8) is 0 Å². The molecule has 1 saturated carbocycles. The van der Waals surface area contributed by atoms with Crippen molar-refractivity contribution in [1.82, 2.24) is 4.90 Å². The molecule has 2 aliphatic rings. The number of hydrogen-bond acceptors (Lipinski definition) is 2. The average molecular weight is 254 g/mol. The largest absolute Gasteiger partial charge is 0.392 e. The predicted molar refractivity (Wildman–Crippen MR) is 72.7 cm³/mol. The zero-order valence-corrected chi connectivity index (χ0v) is 11.4. The van der Waals surface area contributed by atoms with Gasteiger partial charge in [-0.05, 0) is 38.5 Å². The quantitative estimate of drug-likeness (QED) is 0.783. The first-order valence-electron chi connectivity index (χ1n) is 6.73. The molecule has 3 nitrogen and oxygen atoms in total. The second-order valence-electron chi connectivity index (χ2n) is 5.38. The van der Waals surface area contributed by atoms with E-state index in [9.17, 15) is 4.79 Å². The zero-order valence-electron chi connectivity index (χ0n) is 10.6. The summed E-state index contributed by atoms with van der Waals surface area (Å²) in [5.74, 6) is 0.211. The molecule has 17 heavy (non-hydrogen) atoms. The van der Waals surface area contributed by atoms with Gasteiger partial charge in [-0.25, -0.2) is 0 Å². The van der Waals surface area contributed by atoms with E-state index in [0.29, 0.717) is 11.0 Å². The maximum atomic E-state index is 12.6. The van der Waals surface area contributed by atoms with Crippen molar-refractivity contribution in [3.05, 3.63) is 0 Å². The fraction of sp³-hybridized carbons (Fsp3) is 0.846. The molecule has 1 amide bonds. The zero-order chi connectivity index (χ0) is 12.5. The van der Waals surface area contributed by atoms with Crippen LogP contribution in [0.2, 0.25) is 0 Å². The van der Waals surface area contributed by atoms with E-state index in [4.69, 9.17) is 18.0 Å². The number of amides is 1. The highest BCUT2D eigenvalue weighted by atomic mass is 32.1. The van der Waals surface area contributed by atoms with Gasteiger partial charge in [0.2, 0.25) is 5.91 Å². The summed E-state index contributed by atoms with van der Waals surface area (Å²) in [6.45, 7) is 3.07. The number of thiocarbonyl (C=S) groups is 1. The van der Waals surface area contributed by atoms with E-state index >= 15 is 0 Å². The van der Waals surface area contributed by atoms with Gasteiger partial charge in [-0.15, -0.1) is 0 Å². The second-order valence-corrected chi connectivity index (χ2v) is 5.82. The lowest BCUT2D eigenvalue weighted by Gasteiger charge is -2.38. The maximum Gasteiger partial charge on any atom is 0.235 e. The van der Waals surface area contributed by atoms with Gasteiger partial charge < -0.3 is 10.6 Å². The van der Waals surface area contributed by atoms with Crippen molar-refractivity contribution in [1.29, 1.82) is 0 Å². The highest BCUT2D eigenvalue weighted by Crippen LogP contribution is 2.48. The summed E-state index contributed by atoms with van der Waals surface area (Å²) in [5, 5.41) is 0. The highest BCUT2D eigenvalue weighted by molar-refractivity contribution is 7.80. The van der Waals surface area contributed by atoms with Gasteiger partial charge in [-0.3, -0.25) is 4.79 Å². The third-order valence-electron chi connectivity index (χ3n) is 4.14. The van der Waals surface area contributed by atoms with Crippen molar-refractivity contribution < 1.29 is 4.79 Å². The number of carbonyl (C=O) groups is 1. The molecule has 1 aliphatic heterocycles. The molecule has 2 fully saturated rings. The van der Waals surface area contributed by atoms with Crippen LogP contribution in [-0.2, 0) is 4.79 Å². The second kappa shape index (κ2) is 4.92. The van der Waals surface area contributed by atoms with Crippen molar-refractivity contribution in [3.8, 4) is 0 Å². The van der Waals surface area contributed by atoms with E-state index in [2.05, 4.69) is 11.8 Å². The van der Waals surface area contributed by atoms with Crippen LogP contribution < -0.4 is 5.73 Å². The summed E-state index contributed by atoms with van der Waals surface area (Å²) in [7, 11) is 0. The minimum Gasteiger partial charge on any atom is -0.392 e. The Bertz CT molecular complexity index is 323. The van der Waals surface area contributed by atoms with Gasteiger partial charge in [-0.2, -0.15) is 0 Å². The molecule has 2 rings (SSSR count). The van der Waals surface area contributed by atoms with Gasteiger partial charge in [0.1, 0.15) is 0 Å². The van der Waals surface area contributed by atoms with Crippen LogP contribution in [0.4, 0.5) is 0 Å². The minimum absolute atomic E-state index is 0.211. The number of nitrogens with zero attached hydrogens (tertiary/aromatic N) is 1. The summed E-state index contributed by atoms with van der Waals surface area (Å²) in [6, 6.07) is 0.424. The first-order chi connectivity index (χ1) is 8.12. The van der Waals surface area contributed by atoms with E-state index in [-0.39, 0.29) is 5.91 Å². The van der Waals surface area contributed by atoms with Crippen LogP contribution in [0.5, 0.6) is 0 Å². The Morgan fingerprint density at radius 3 is 2.71 bits per heavy atom. The third-order valence-corrected chi connectivity index (χ3v) is 4.53. The summed E-state index contributed by atoms with van der Waals surface area (Å²) in [6.07, 6.45) is 7.47. The predicted octanol–water partition coefficient (Wildman–Crippen LogP) is 2.23. The molecule has 0 bridgehead atoms. The molecule has 96 valence electrons. The molecule has 0 aromatic heterocycles. The molecule has 1 heterocycles. The van der Waals surface area contributed by atoms with Crippen LogP contribution in [0.1, 0.15) is 51.9 Å². The monoisotopic (exact) mass is 254 g/mol. The van der Waals surface area contributed by atoms with Crippen LogP contribution in [0.3, 0.4) is 0 Å². The lowest BCUT2D eigenvalue weighted by molar-refractivity contribution is -0.138. The van der Waals surface area contributed by atoms with Crippen molar-refractivity contribution in [2.75, 3.05) is 6.54 Å². The Hall–Kier alpha value is -0.640. The van der Waals surface area contributed by atoms with Gasteiger partial charge >= 0.3 is 0 Å². The summed E-state index contributed by atoms with van der Waals surface area (Å²) < 4.78 is 0. The van der Waals surface area contributed by atoms with Crippen molar-refractivity contribution in [2.24, 2.45) is 11.1 Å². The van der Waals surface area contributed by atoms with E-state index in [1.165, 1.54) is 6.42 Å². The number of piperidine rings is 1.